The zero-order valence-electron chi connectivity index (χ0n) is 12.5. The Morgan fingerprint density at radius 2 is 2.33 bits per heavy atom. The molecule has 4 nitrogen and oxygen atoms in total. The summed E-state index contributed by atoms with van der Waals surface area (Å²) in [6, 6.07) is 5.96. The van der Waals surface area contributed by atoms with E-state index in [0.29, 0.717) is 5.92 Å². The van der Waals surface area contributed by atoms with Gasteiger partial charge in [0.15, 0.2) is 0 Å². The molecule has 1 aliphatic heterocycles. The van der Waals surface area contributed by atoms with Crippen molar-refractivity contribution in [3.8, 4) is 0 Å². The van der Waals surface area contributed by atoms with E-state index in [1.165, 1.54) is 12.0 Å². The lowest BCUT2D eigenvalue weighted by Gasteiger charge is -2.22. The maximum atomic E-state index is 12.6. The van der Waals surface area contributed by atoms with Crippen LogP contribution in [0, 0.1) is 5.92 Å². The Morgan fingerprint density at radius 3 is 3.10 bits per heavy atom. The van der Waals surface area contributed by atoms with E-state index in [9.17, 15) is 4.79 Å². The molecule has 3 rings (SSSR count). The largest absolute Gasteiger partial charge is 0.381 e. The lowest BCUT2D eigenvalue weighted by molar-refractivity contribution is 0.0499. The first-order valence-corrected chi connectivity index (χ1v) is 7.83. The van der Waals surface area contributed by atoms with Crippen LogP contribution in [0.4, 0.5) is 0 Å². The normalized spacial score (nSPS) is 19.0. The molecule has 1 aliphatic rings. The zero-order valence-corrected chi connectivity index (χ0v) is 12.5. The third kappa shape index (κ3) is 3.16. The monoisotopic (exact) mass is 286 g/mol. The quantitative estimate of drug-likeness (QED) is 0.868. The molecule has 1 fully saturated rings. The van der Waals surface area contributed by atoms with Crippen LogP contribution in [0.15, 0.2) is 29.3 Å². The first-order valence-electron chi connectivity index (χ1n) is 7.83. The number of ether oxygens (including phenoxy) is 1. The van der Waals surface area contributed by atoms with E-state index in [0.717, 1.165) is 49.9 Å². The summed E-state index contributed by atoms with van der Waals surface area (Å²) in [6.07, 6.45) is 5.94. The molecule has 0 saturated carbocycles. The minimum atomic E-state index is 0.0760. The van der Waals surface area contributed by atoms with Gasteiger partial charge in [0.25, 0.3) is 5.56 Å². The standard InChI is InChI=1S/C17H22N2O2/c1-2-13-5-6-16-15(10-13)17(20)19(12-18-16)8-7-14-4-3-9-21-11-14/h5-6,10,12,14H,2-4,7-9,11H2,1H3. The Hall–Kier alpha value is -1.68. The minimum absolute atomic E-state index is 0.0760. The van der Waals surface area contributed by atoms with Gasteiger partial charge in [-0.1, -0.05) is 13.0 Å². The van der Waals surface area contributed by atoms with Crippen LogP contribution in [0.3, 0.4) is 0 Å². The predicted octanol–water partition coefficient (Wildman–Crippen LogP) is 2.78. The SMILES string of the molecule is CCc1ccc2ncn(CCC3CCCOC3)c(=O)c2c1. The van der Waals surface area contributed by atoms with Crippen LogP contribution in [0.1, 0.15) is 31.7 Å². The number of fused-ring (bicyclic) bond motifs is 1. The van der Waals surface area contributed by atoms with Crippen LogP contribution in [0.5, 0.6) is 0 Å². The molecule has 1 atom stereocenters. The van der Waals surface area contributed by atoms with Crippen LogP contribution in [0.25, 0.3) is 10.9 Å². The summed E-state index contributed by atoms with van der Waals surface area (Å²) in [5, 5.41) is 0.733. The fraction of sp³-hybridized carbons (Fsp3) is 0.529. The van der Waals surface area contributed by atoms with Crippen molar-refractivity contribution in [1.29, 1.82) is 0 Å². The summed E-state index contributed by atoms with van der Waals surface area (Å²) in [5.41, 5.74) is 2.04. The van der Waals surface area contributed by atoms with Gasteiger partial charge in [-0.2, -0.15) is 0 Å². The smallest absolute Gasteiger partial charge is 0.261 e. The summed E-state index contributed by atoms with van der Waals surface area (Å²) >= 11 is 0. The highest BCUT2D eigenvalue weighted by Gasteiger charge is 2.14. The number of aromatic nitrogens is 2. The topological polar surface area (TPSA) is 44.1 Å². The molecule has 0 spiro atoms. The Balaban J connectivity index is 1.81. The molecular weight excluding hydrogens is 264 g/mol. The highest BCUT2D eigenvalue weighted by Crippen LogP contribution is 2.18. The molecule has 0 bridgehead atoms. The van der Waals surface area contributed by atoms with Crippen molar-refractivity contribution in [2.24, 2.45) is 5.92 Å². The van der Waals surface area contributed by atoms with Gasteiger partial charge >= 0.3 is 0 Å². The summed E-state index contributed by atoms with van der Waals surface area (Å²) in [6.45, 7) is 4.54. The molecule has 0 radical (unpaired) electrons. The van der Waals surface area contributed by atoms with Crippen molar-refractivity contribution in [1.82, 2.24) is 9.55 Å². The van der Waals surface area contributed by atoms with Gasteiger partial charge in [-0.25, -0.2) is 4.98 Å². The number of hydrogen-bond donors (Lipinski definition) is 0. The van der Waals surface area contributed by atoms with Gasteiger partial charge < -0.3 is 4.74 Å². The zero-order chi connectivity index (χ0) is 14.7. The molecule has 1 unspecified atom stereocenters. The molecule has 1 saturated heterocycles. The molecule has 0 aliphatic carbocycles. The highest BCUT2D eigenvalue weighted by atomic mass is 16.5. The van der Waals surface area contributed by atoms with Crippen LogP contribution in [0.2, 0.25) is 0 Å². The number of benzene rings is 1. The Morgan fingerprint density at radius 1 is 1.43 bits per heavy atom. The average molecular weight is 286 g/mol. The second-order valence-electron chi connectivity index (χ2n) is 5.82. The van der Waals surface area contributed by atoms with E-state index in [-0.39, 0.29) is 5.56 Å². The van der Waals surface area contributed by atoms with Gasteiger partial charge in [-0.05, 0) is 49.3 Å². The van der Waals surface area contributed by atoms with Crippen LogP contribution < -0.4 is 5.56 Å². The van der Waals surface area contributed by atoms with Gasteiger partial charge in [-0.15, -0.1) is 0 Å². The molecule has 2 aromatic rings. The molecule has 4 heteroatoms. The molecule has 1 aromatic heterocycles. The summed E-state index contributed by atoms with van der Waals surface area (Å²) < 4.78 is 7.24. The maximum absolute atomic E-state index is 12.6. The van der Waals surface area contributed by atoms with E-state index in [1.807, 2.05) is 18.2 Å². The second kappa shape index (κ2) is 6.39. The highest BCUT2D eigenvalue weighted by molar-refractivity contribution is 5.78. The van der Waals surface area contributed by atoms with Crippen molar-refractivity contribution >= 4 is 10.9 Å². The Kier molecular flexibility index (Phi) is 4.34. The number of rotatable bonds is 4. The average Bonchev–Trinajstić information content (AvgIpc) is 2.55. The fourth-order valence-corrected chi connectivity index (χ4v) is 2.94. The molecular formula is C17H22N2O2. The molecule has 21 heavy (non-hydrogen) atoms. The summed E-state index contributed by atoms with van der Waals surface area (Å²) in [7, 11) is 0. The number of aryl methyl sites for hydroxylation is 2. The van der Waals surface area contributed by atoms with Crippen LogP contribution in [-0.2, 0) is 17.7 Å². The molecule has 0 N–H and O–H groups in total. The van der Waals surface area contributed by atoms with Crippen molar-refractivity contribution in [3.63, 3.8) is 0 Å². The first-order chi connectivity index (χ1) is 10.3. The van der Waals surface area contributed by atoms with Crippen molar-refractivity contribution in [2.75, 3.05) is 13.2 Å². The van der Waals surface area contributed by atoms with Crippen molar-refractivity contribution in [2.45, 2.75) is 39.2 Å². The van der Waals surface area contributed by atoms with Crippen molar-refractivity contribution in [3.05, 3.63) is 40.4 Å². The Labute approximate surface area is 124 Å². The second-order valence-corrected chi connectivity index (χ2v) is 5.82. The van der Waals surface area contributed by atoms with Gasteiger partial charge in [0.1, 0.15) is 0 Å². The molecule has 1 aromatic carbocycles. The van der Waals surface area contributed by atoms with Gasteiger partial charge in [-0.3, -0.25) is 9.36 Å². The van der Waals surface area contributed by atoms with Crippen molar-refractivity contribution < 1.29 is 4.74 Å². The van der Waals surface area contributed by atoms with E-state index in [2.05, 4.69) is 11.9 Å². The molecule has 2 heterocycles. The predicted molar refractivity (Wildman–Crippen MR) is 83.5 cm³/mol. The molecule has 0 amide bonds. The van der Waals surface area contributed by atoms with Crippen LogP contribution >= 0.6 is 0 Å². The Bertz CT molecular complexity index is 672. The van der Waals surface area contributed by atoms with E-state index < -0.39 is 0 Å². The van der Waals surface area contributed by atoms with Gasteiger partial charge in [0, 0.05) is 19.8 Å². The van der Waals surface area contributed by atoms with E-state index in [1.54, 1.807) is 10.9 Å². The van der Waals surface area contributed by atoms with Gasteiger partial charge in [0.05, 0.1) is 17.2 Å². The first kappa shape index (κ1) is 14.3. The lowest BCUT2D eigenvalue weighted by atomic mass is 9.99. The maximum Gasteiger partial charge on any atom is 0.261 e. The molecule has 112 valence electrons. The lowest BCUT2D eigenvalue weighted by Crippen LogP contribution is -2.24. The van der Waals surface area contributed by atoms with Gasteiger partial charge in [0.2, 0.25) is 0 Å². The summed E-state index contributed by atoms with van der Waals surface area (Å²) in [4.78, 5) is 17.0. The van der Waals surface area contributed by atoms with E-state index in [4.69, 9.17) is 4.74 Å². The summed E-state index contributed by atoms with van der Waals surface area (Å²) in [5.74, 6) is 0.573. The third-order valence-electron chi connectivity index (χ3n) is 4.33. The van der Waals surface area contributed by atoms with Crippen LogP contribution in [-0.4, -0.2) is 22.8 Å². The third-order valence-corrected chi connectivity index (χ3v) is 4.33. The minimum Gasteiger partial charge on any atom is -0.381 e. The fourth-order valence-electron chi connectivity index (χ4n) is 2.94. The number of nitrogens with zero attached hydrogens (tertiary/aromatic N) is 2. The van der Waals surface area contributed by atoms with E-state index >= 15 is 0 Å². The number of hydrogen-bond acceptors (Lipinski definition) is 3.